The van der Waals surface area contributed by atoms with E-state index in [-0.39, 0.29) is 12.4 Å². The highest BCUT2D eigenvalue weighted by atomic mass is 35.5. The lowest BCUT2D eigenvalue weighted by atomic mass is 9.70. The quantitative estimate of drug-likeness (QED) is 0.592. The van der Waals surface area contributed by atoms with E-state index in [9.17, 15) is 4.79 Å². The third kappa shape index (κ3) is 5.18. The van der Waals surface area contributed by atoms with Gasteiger partial charge in [-0.1, -0.05) is 57.9 Å². The molecule has 0 unspecified atom stereocenters. The van der Waals surface area contributed by atoms with E-state index in [0.29, 0.717) is 24.2 Å². The van der Waals surface area contributed by atoms with E-state index in [4.69, 9.17) is 0 Å². The number of hydrogen-bond acceptors (Lipinski definition) is 3. The second-order valence-electron chi connectivity index (χ2n) is 8.31. The van der Waals surface area contributed by atoms with E-state index in [1.54, 1.807) is 0 Å². The smallest absolute Gasteiger partial charge is 0.146 e. The predicted octanol–water partition coefficient (Wildman–Crippen LogP) is 5.58. The van der Waals surface area contributed by atoms with E-state index < -0.39 is 0 Å². The van der Waals surface area contributed by atoms with Gasteiger partial charge in [0, 0.05) is 43.9 Å². The maximum absolute atomic E-state index is 11.7. The summed E-state index contributed by atoms with van der Waals surface area (Å²) >= 11 is 0. The monoisotopic (exact) mass is 404 g/mol. The van der Waals surface area contributed by atoms with Gasteiger partial charge in [0.05, 0.1) is 6.54 Å². The number of hydrogen-bond donors (Lipinski definition) is 0. The van der Waals surface area contributed by atoms with Crippen molar-refractivity contribution in [1.29, 1.82) is 0 Å². The van der Waals surface area contributed by atoms with Crippen LogP contribution in [0, 0.1) is 5.41 Å². The molecule has 0 bridgehead atoms. The summed E-state index contributed by atoms with van der Waals surface area (Å²) in [6.45, 7) is 11.2. The Balaban J connectivity index is 0.00000280. The topological polar surface area (TPSA) is 23.6 Å². The zero-order chi connectivity index (χ0) is 19.3. The van der Waals surface area contributed by atoms with Crippen molar-refractivity contribution in [3.63, 3.8) is 0 Å². The third-order valence-electron chi connectivity index (χ3n) is 6.96. The molecule has 1 aromatic rings. The zero-order valence-corrected chi connectivity index (χ0v) is 18.7. The van der Waals surface area contributed by atoms with Crippen LogP contribution < -0.4 is 4.90 Å². The van der Waals surface area contributed by atoms with E-state index in [0.717, 1.165) is 26.2 Å². The molecule has 1 saturated heterocycles. The van der Waals surface area contributed by atoms with Gasteiger partial charge in [-0.05, 0) is 36.3 Å². The molecule has 1 aliphatic carbocycles. The average molecular weight is 405 g/mol. The summed E-state index contributed by atoms with van der Waals surface area (Å²) in [5.41, 5.74) is 4.87. The Kier molecular flexibility index (Phi) is 8.57. The van der Waals surface area contributed by atoms with Crippen LogP contribution in [0.2, 0.25) is 0 Å². The van der Waals surface area contributed by atoms with Crippen molar-refractivity contribution in [2.75, 3.05) is 37.6 Å². The fourth-order valence-electron chi connectivity index (χ4n) is 4.61. The second-order valence-corrected chi connectivity index (χ2v) is 8.31. The van der Waals surface area contributed by atoms with Gasteiger partial charge < -0.3 is 4.90 Å². The number of para-hydroxylation sites is 1. The molecular weight excluding hydrogens is 368 g/mol. The molecule has 1 fully saturated rings. The number of Topliss-reactive ketones (excluding diaryl/α,β-unsaturated/α-hetero) is 1. The lowest BCUT2D eigenvalue weighted by Gasteiger charge is -2.38. The Morgan fingerprint density at radius 2 is 1.71 bits per heavy atom. The van der Waals surface area contributed by atoms with Gasteiger partial charge in [-0.2, -0.15) is 0 Å². The van der Waals surface area contributed by atoms with Crippen molar-refractivity contribution in [3.8, 4) is 0 Å². The molecule has 0 radical (unpaired) electrons. The lowest BCUT2D eigenvalue weighted by molar-refractivity contribution is -0.119. The summed E-state index contributed by atoms with van der Waals surface area (Å²) in [7, 11) is 0. The maximum Gasteiger partial charge on any atom is 0.146 e. The van der Waals surface area contributed by atoms with Crippen molar-refractivity contribution < 1.29 is 4.79 Å². The molecule has 28 heavy (non-hydrogen) atoms. The standard InChI is InChI=1S/C24H36N2O.ClH/c1-4-21(27)19-25-15-17-26(18-16-25)23-10-8-7-9-22(23)20-11-13-24(5-2,6-3)14-12-20;/h7-11H,4-6,12-19H2,1-3H3;1H. The molecule has 0 spiro atoms. The Hall–Kier alpha value is -1.32. The zero-order valence-electron chi connectivity index (χ0n) is 17.9. The molecule has 156 valence electrons. The molecule has 0 aromatic heterocycles. The second kappa shape index (κ2) is 10.5. The predicted molar refractivity (Wildman–Crippen MR) is 122 cm³/mol. The van der Waals surface area contributed by atoms with Crippen LogP contribution in [-0.2, 0) is 4.79 Å². The van der Waals surface area contributed by atoms with Crippen molar-refractivity contribution in [1.82, 2.24) is 4.90 Å². The number of rotatable bonds is 7. The average Bonchev–Trinajstić information content (AvgIpc) is 2.74. The molecule has 1 aromatic carbocycles. The molecular formula is C24H37ClN2O. The van der Waals surface area contributed by atoms with Gasteiger partial charge in [0.1, 0.15) is 5.78 Å². The Bertz CT molecular complexity index is 673. The molecule has 0 amide bonds. The first-order valence-corrected chi connectivity index (χ1v) is 10.9. The molecule has 1 heterocycles. The number of halogens is 1. The summed E-state index contributed by atoms with van der Waals surface area (Å²) in [4.78, 5) is 16.6. The minimum absolute atomic E-state index is 0. The van der Waals surface area contributed by atoms with Gasteiger partial charge in [-0.25, -0.2) is 0 Å². The van der Waals surface area contributed by atoms with E-state index >= 15 is 0 Å². The van der Waals surface area contributed by atoms with E-state index in [1.807, 2.05) is 6.92 Å². The summed E-state index contributed by atoms with van der Waals surface area (Å²) in [6, 6.07) is 8.93. The van der Waals surface area contributed by atoms with Crippen molar-refractivity contribution in [2.45, 2.75) is 59.3 Å². The Morgan fingerprint density at radius 1 is 1.04 bits per heavy atom. The van der Waals surface area contributed by atoms with Crippen LogP contribution in [-0.4, -0.2) is 43.4 Å². The van der Waals surface area contributed by atoms with Crippen molar-refractivity contribution in [2.24, 2.45) is 5.41 Å². The molecule has 1 aliphatic heterocycles. The Labute approximate surface area is 177 Å². The van der Waals surface area contributed by atoms with Crippen LogP contribution in [0.15, 0.2) is 30.3 Å². The van der Waals surface area contributed by atoms with Crippen LogP contribution in [0.1, 0.15) is 64.9 Å². The molecule has 3 rings (SSSR count). The van der Waals surface area contributed by atoms with Crippen LogP contribution in [0.4, 0.5) is 5.69 Å². The van der Waals surface area contributed by atoms with Gasteiger partial charge in [0.15, 0.2) is 0 Å². The highest BCUT2D eigenvalue weighted by Crippen LogP contribution is 2.44. The van der Waals surface area contributed by atoms with Gasteiger partial charge in [0.25, 0.3) is 0 Å². The SMILES string of the molecule is CCC(=O)CN1CCN(c2ccccc2C2=CCC(CC)(CC)CC2)CC1.Cl. The van der Waals surface area contributed by atoms with E-state index in [1.165, 1.54) is 48.9 Å². The maximum atomic E-state index is 11.7. The first kappa shape index (κ1) is 23.0. The minimum Gasteiger partial charge on any atom is -0.368 e. The van der Waals surface area contributed by atoms with Gasteiger partial charge in [-0.15, -0.1) is 12.4 Å². The van der Waals surface area contributed by atoms with E-state index in [2.05, 4.69) is 54.0 Å². The number of benzene rings is 1. The van der Waals surface area contributed by atoms with Crippen LogP contribution in [0.5, 0.6) is 0 Å². The summed E-state index contributed by atoms with van der Waals surface area (Å²) in [5, 5.41) is 0. The Morgan fingerprint density at radius 3 is 2.29 bits per heavy atom. The molecule has 0 N–H and O–H groups in total. The molecule has 4 heteroatoms. The first-order chi connectivity index (χ1) is 13.1. The van der Waals surface area contributed by atoms with Crippen LogP contribution in [0.3, 0.4) is 0 Å². The highest BCUT2D eigenvalue weighted by Gasteiger charge is 2.29. The van der Waals surface area contributed by atoms with Crippen LogP contribution in [0.25, 0.3) is 5.57 Å². The number of anilines is 1. The molecule has 0 atom stereocenters. The molecule has 3 nitrogen and oxygen atoms in total. The molecule has 0 saturated carbocycles. The number of carbonyl (C=O) groups excluding carboxylic acids is 1. The number of nitrogens with zero attached hydrogens (tertiary/aromatic N) is 2. The lowest BCUT2D eigenvalue weighted by Crippen LogP contribution is -2.48. The minimum atomic E-state index is 0. The van der Waals surface area contributed by atoms with Gasteiger partial charge in [0.2, 0.25) is 0 Å². The number of ketones is 1. The van der Waals surface area contributed by atoms with Gasteiger partial charge in [-0.3, -0.25) is 9.69 Å². The normalized spacial score (nSPS) is 19.7. The fraction of sp³-hybridized carbons (Fsp3) is 0.625. The summed E-state index contributed by atoms with van der Waals surface area (Å²) in [6.07, 6.45) is 9.47. The third-order valence-corrected chi connectivity index (χ3v) is 6.96. The van der Waals surface area contributed by atoms with Crippen LogP contribution >= 0.6 is 12.4 Å². The largest absolute Gasteiger partial charge is 0.368 e. The number of carbonyl (C=O) groups is 1. The highest BCUT2D eigenvalue weighted by molar-refractivity contribution is 5.85. The summed E-state index contributed by atoms with van der Waals surface area (Å²) < 4.78 is 0. The number of allylic oxidation sites excluding steroid dienone is 2. The van der Waals surface area contributed by atoms with Crippen molar-refractivity contribution in [3.05, 3.63) is 35.9 Å². The van der Waals surface area contributed by atoms with Gasteiger partial charge >= 0.3 is 0 Å². The fourth-order valence-corrected chi connectivity index (χ4v) is 4.61. The first-order valence-electron chi connectivity index (χ1n) is 10.9. The summed E-state index contributed by atoms with van der Waals surface area (Å²) in [5.74, 6) is 0.353. The molecule has 2 aliphatic rings. The van der Waals surface area contributed by atoms with Crippen molar-refractivity contribution >= 4 is 29.5 Å². The number of piperazine rings is 1.